The topological polar surface area (TPSA) is 66.2 Å². The molecule has 0 atom stereocenters. The molecule has 0 N–H and O–H groups in total. The maximum absolute atomic E-state index is 9.51. The van der Waals surface area contributed by atoms with E-state index in [0.717, 1.165) is 10.6 Å². The fourth-order valence-electron chi connectivity index (χ4n) is 2.49. The van der Waals surface area contributed by atoms with Crippen LogP contribution in [0.4, 0.5) is 5.88 Å². The number of aromatic nitrogens is 1. The van der Waals surface area contributed by atoms with Crippen LogP contribution in [-0.2, 0) is 13.1 Å². The van der Waals surface area contributed by atoms with Gasteiger partial charge in [0.05, 0.1) is 24.2 Å². The average Bonchev–Trinajstić information content (AvgIpc) is 3.40. The summed E-state index contributed by atoms with van der Waals surface area (Å²) >= 11 is 3.19. The second-order valence-electron chi connectivity index (χ2n) is 5.28. The Balaban J connectivity index is 1.71. The third kappa shape index (κ3) is 3.36. The van der Waals surface area contributed by atoms with E-state index in [0.29, 0.717) is 24.9 Å². The summed E-state index contributed by atoms with van der Waals surface area (Å²) in [7, 11) is 0. The normalized spacial score (nSPS) is 10.7. The van der Waals surface area contributed by atoms with Gasteiger partial charge < -0.3 is 13.7 Å². The van der Waals surface area contributed by atoms with E-state index in [1.165, 1.54) is 16.2 Å². The van der Waals surface area contributed by atoms with Crippen LogP contribution >= 0.6 is 22.7 Å². The minimum atomic E-state index is 0.284. The molecule has 0 radical (unpaired) electrons. The van der Waals surface area contributed by atoms with Gasteiger partial charge in [0.1, 0.15) is 11.8 Å². The summed E-state index contributed by atoms with van der Waals surface area (Å²) in [5.74, 6) is 1.74. The van der Waals surface area contributed by atoms with E-state index >= 15 is 0 Å². The quantitative estimate of drug-likeness (QED) is 0.472. The summed E-state index contributed by atoms with van der Waals surface area (Å²) in [5.41, 5.74) is 0.284. The number of thiophene rings is 2. The minimum Gasteiger partial charge on any atom is -0.467 e. The number of oxazole rings is 1. The highest BCUT2D eigenvalue weighted by molar-refractivity contribution is 7.13. The molecule has 0 spiro atoms. The lowest BCUT2D eigenvalue weighted by Crippen LogP contribution is -2.21. The average molecular weight is 367 g/mol. The van der Waals surface area contributed by atoms with Gasteiger partial charge in [-0.3, -0.25) is 0 Å². The fraction of sp³-hybridized carbons (Fsp3) is 0.111. The maximum Gasteiger partial charge on any atom is 0.240 e. The van der Waals surface area contributed by atoms with Crippen molar-refractivity contribution in [1.29, 1.82) is 5.26 Å². The highest BCUT2D eigenvalue weighted by Crippen LogP contribution is 2.32. The van der Waals surface area contributed by atoms with E-state index in [-0.39, 0.29) is 5.69 Å². The summed E-state index contributed by atoms with van der Waals surface area (Å²) in [6, 6.07) is 13.8. The predicted octanol–water partition coefficient (Wildman–Crippen LogP) is 5.14. The van der Waals surface area contributed by atoms with Gasteiger partial charge in [0.2, 0.25) is 17.5 Å². The zero-order chi connectivity index (χ0) is 17.1. The predicted molar refractivity (Wildman–Crippen MR) is 97.4 cm³/mol. The second kappa shape index (κ2) is 6.97. The molecule has 25 heavy (non-hydrogen) atoms. The van der Waals surface area contributed by atoms with Gasteiger partial charge in [-0.1, -0.05) is 12.1 Å². The van der Waals surface area contributed by atoms with Crippen LogP contribution in [0.1, 0.15) is 16.3 Å². The molecule has 0 aliphatic carbocycles. The molecule has 0 saturated carbocycles. The number of nitriles is 1. The Morgan fingerprint density at radius 3 is 2.64 bits per heavy atom. The van der Waals surface area contributed by atoms with Crippen LogP contribution in [0.5, 0.6) is 0 Å². The molecule has 0 aromatic carbocycles. The first kappa shape index (κ1) is 15.7. The lowest BCUT2D eigenvalue weighted by Gasteiger charge is -2.20. The van der Waals surface area contributed by atoms with Gasteiger partial charge in [-0.15, -0.1) is 22.7 Å². The third-order valence-corrected chi connectivity index (χ3v) is 5.31. The van der Waals surface area contributed by atoms with Crippen LogP contribution in [0.2, 0.25) is 0 Å². The van der Waals surface area contributed by atoms with E-state index in [2.05, 4.69) is 17.1 Å². The summed E-state index contributed by atoms with van der Waals surface area (Å²) in [4.78, 5) is 8.41. The first-order valence-electron chi connectivity index (χ1n) is 7.58. The van der Waals surface area contributed by atoms with Gasteiger partial charge in [-0.2, -0.15) is 10.2 Å². The summed E-state index contributed by atoms with van der Waals surface area (Å²) in [6.45, 7) is 1.12. The van der Waals surface area contributed by atoms with Crippen molar-refractivity contribution in [3.63, 3.8) is 0 Å². The van der Waals surface area contributed by atoms with Crippen molar-refractivity contribution in [3.05, 3.63) is 69.8 Å². The lowest BCUT2D eigenvalue weighted by atomic mass is 10.3. The molecule has 4 heterocycles. The Bertz CT molecular complexity index is 928. The highest BCUT2D eigenvalue weighted by Gasteiger charge is 2.22. The van der Waals surface area contributed by atoms with Crippen molar-refractivity contribution in [2.75, 3.05) is 4.90 Å². The molecule has 5 nitrogen and oxygen atoms in total. The van der Waals surface area contributed by atoms with Crippen LogP contribution < -0.4 is 4.90 Å². The van der Waals surface area contributed by atoms with Gasteiger partial charge in [-0.05, 0) is 35.0 Å². The fourth-order valence-corrected chi connectivity index (χ4v) is 3.85. The van der Waals surface area contributed by atoms with Gasteiger partial charge in [0.25, 0.3) is 0 Å². The molecular weight excluding hydrogens is 354 g/mol. The number of hydrogen-bond acceptors (Lipinski definition) is 7. The van der Waals surface area contributed by atoms with Crippen LogP contribution in [0, 0.1) is 11.3 Å². The Morgan fingerprint density at radius 2 is 1.96 bits per heavy atom. The maximum atomic E-state index is 9.51. The van der Waals surface area contributed by atoms with E-state index < -0.39 is 0 Å². The first-order valence-corrected chi connectivity index (χ1v) is 9.34. The standard InChI is InChI=1S/C18H13N3O2S2/c19-10-15-18(23-17(20-15)16-6-3-9-25-16)21(11-13-4-1-7-22-13)12-14-5-2-8-24-14/h1-9H,11-12H2. The van der Waals surface area contributed by atoms with Crippen LogP contribution in [0.15, 0.2) is 62.3 Å². The molecule has 0 aliphatic heterocycles. The van der Waals surface area contributed by atoms with E-state index in [9.17, 15) is 5.26 Å². The summed E-state index contributed by atoms with van der Waals surface area (Å²) in [5, 5.41) is 13.5. The van der Waals surface area contributed by atoms with Crippen molar-refractivity contribution in [2.45, 2.75) is 13.1 Å². The van der Waals surface area contributed by atoms with Gasteiger partial charge in [0.15, 0.2) is 0 Å². The number of anilines is 1. The second-order valence-corrected chi connectivity index (χ2v) is 7.26. The number of rotatable bonds is 6. The molecule has 4 rings (SSSR count). The van der Waals surface area contributed by atoms with Crippen LogP contribution in [0.3, 0.4) is 0 Å². The van der Waals surface area contributed by atoms with Crippen molar-refractivity contribution >= 4 is 28.6 Å². The molecule has 124 valence electrons. The Labute approximate surface area is 152 Å². The third-order valence-electron chi connectivity index (χ3n) is 3.59. The Kier molecular flexibility index (Phi) is 4.37. The zero-order valence-corrected chi connectivity index (χ0v) is 14.7. The minimum absolute atomic E-state index is 0.284. The molecule has 0 amide bonds. The summed E-state index contributed by atoms with van der Waals surface area (Å²) in [6.07, 6.45) is 1.64. The Morgan fingerprint density at radius 1 is 1.08 bits per heavy atom. The smallest absolute Gasteiger partial charge is 0.240 e. The van der Waals surface area contributed by atoms with Crippen molar-refractivity contribution in [1.82, 2.24) is 4.98 Å². The molecule has 0 bridgehead atoms. The number of hydrogen-bond donors (Lipinski definition) is 0. The van der Waals surface area contributed by atoms with E-state index in [1.807, 2.05) is 46.0 Å². The lowest BCUT2D eigenvalue weighted by molar-refractivity contribution is 0.483. The first-order chi connectivity index (χ1) is 12.3. The van der Waals surface area contributed by atoms with Gasteiger partial charge >= 0.3 is 0 Å². The van der Waals surface area contributed by atoms with Crippen molar-refractivity contribution < 1.29 is 8.83 Å². The molecule has 7 heteroatoms. The molecule has 4 aromatic rings. The van der Waals surface area contributed by atoms with Crippen molar-refractivity contribution in [2.24, 2.45) is 0 Å². The monoisotopic (exact) mass is 367 g/mol. The zero-order valence-electron chi connectivity index (χ0n) is 13.1. The van der Waals surface area contributed by atoms with Gasteiger partial charge in [0, 0.05) is 4.88 Å². The molecule has 0 unspecified atom stereocenters. The highest BCUT2D eigenvalue weighted by atomic mass is 32.1. The SMILES string of the molecule is N#Cc1nc(-c2cccs2)oc1N(Cc1ccco1)Cc1cccs1. The van der Waals surface area contributed by atoms with Crippen LogP contribution in [0.25, 0.3) is 10.8 Å². The van der Waals surface area contributed by atoms with Crippen molar-refractivity contribution in [3.8, 4) is 16.8 Å². The summed E-state index contributed by atoms with van der Waals surface area (Å²) < 4.78 is 11.5. The molecular formula is C18H13N3O2S2. The van der Waals surface area contributed by atoms with E-state index in [1.54, 1.807) is 17.6 Å². The molecule has 0 aliphatic rings. The number of nitrogens with zero attached hydrogens (tertiary/aromatic N) is 3. The van der Waals surface area contributed by atoms with Crippen LogP contribution in [-0.4, -0.2) is 4.98 Å². The van der Waals surface area contributed by atoms with Gasteiger partial charge in [-0.25, -0.2) is 0 Å². The Hall–Kier alpha value is -2.82. The molecule has 4 aromatic heterocycles. The number of furan rings is 1. The largest absolute Gasteiger partial charge is 0.467 e. The van der Waals surface area contributed by atoms with E-state index in [4.69, 9.17) is 8.83 Å². The molecule has 0 saturated heterocycles. The molecule has 0 fully saturated rings.